The highest BCUT2D eigenvalue weighted by Crippen LogP contribution is 2.26. The average Bonchev–Trinajstić information content (AvgIpc) is 3.40. The number of hydrogen-bond acceptors (Lipinski definition) is 5. The number of hydrogen-bond donors (Lipinski definition) is 1. The van der Waals surface area contributed by atoms with Crippen molar-refractivity contribution in [1.29, 1.82) is 0 Å². The number of tetrazole rings is 1. The quantitative estimate of drug-likeness (QED) is 0.547. The molecule has 4 rings (SSSR count). The van der Waals surface area contributed by atoms with Gasteiger partial charge in [-0.3, -0.25) is 4.79 Å². The molecule has 28 heavy (non-hydrogen) atoms. The average molecular weight is 389 g/mol. The van der Waals surface area contributed by atoms with Crippen molar-refractivity contribution in [2.75, 3.05) is 0 Å². The van der Waals surface area contributed by atoms with Crippen molar-refractivity contribution in [3.05, 3.63) is 88.1 Å². The number of thiophene rings is 1. The van der Waals surface area contributed by atoms with Gasteiger partial charge in [-0.05, 0) is 29.1 Å². The number of aromatic nitrogens is 4. The molecule has 1 atom stereocenters. The zero-order valence-corrected chi connectivity index (χ0v) is 16.1. The molecule has 0 fully saturated rings. The lowest BCUT2D eigenvalue weighted by atomic mass is 10.0. The third-order valence-electron chi connectivity index (χ3n) is 4.31. The van der Waals surface area contributed by atoms with Crippen LogP contribution in [-0.4, -0.2) is 26.1 Å². The Morgan fingerprint density at radius 2 is 1.86 bits per heavy atom. The van der Waals surface area contributed by atoms with Crippen LogP contribution in [0.15, 0.2) is 72.1 Å². The largest absolute Gasteiger partial charge is 0.343 e. The summed E-state index contributed by atoms with van der Waals surface area (Å²) in [7, 11) is 0. The fourth-order valence-electron chi connectivity index (χ4n) is 2.88. The van der Waals surface area contributed by atoms with E-state index in [0.717, 1.165) is 16.0 Å². The summed E-state index contributed by atoms with van der Waals surface area (Å²) in [5.41, 5.74) is 3.09. The summed E-state index contributed by atoms with van der Waals surface area (Å²) < 4.78 is 0. The van der Waals surface area contributed by atoms with Gasteiger partial charge in [-0.15, -0.1) is 21.5 Å². The number of carbonyl (C=O) groups is 1. The molecule has 2 heterocycles. The SMILES string of the molecule is Cc1ccc(C(NC(=O)Cn2nnc(-c3ccccc3)n2)c2cccs2)cc1. The Kier molecular flexibility index (Phi) is 5.25. The summed E-state index contributed by atoms with van der Waals surface area (Å²) in [6, 6.07) is 21.6. The van der Waals surface area contributed by atoms with Crippen LogP contribution in [-0.2, 0) is 11.3 Å². The third-order valence-corrected chi connectivity index (χ3v) is 5.25. The molecule has 2 aromatic heterocycles. The van der Waals surface area contributed by atoms with E-state index in [1.807, 2.05) is 79.0 Å². The molecule has 1 amide bonds. The van der Waals surface area contributed by atoms with Gasteiger partial charge in [-0.1, -0.05) is 66.2 Å². The minimum atomic E-state index is -0.204. The van der Waals surface area contributed by atoms with Crippen molar-refractivity contribution in [3.8, 4) is 11.4 Å². The van der Waals surface area contributed by atoms with Gasteiger partial charge in [0.1, 0.15) is 6.54 Å². The van der Waals surface area contributed by atoms with Gasteiger partial charge in [0.2, 0.25) is 11.7 Å². The zero-order chi connectivity index (χ0) is 19.3. The predicted molar refractivity (Wildman–Crippen MR) is 109 cm³/mol. The second-order valence-electron chi connectivity index (χ2n) is 6.44. The molecular weight excluding hydrogens is 370 g/mol. The van der Waals surface area contributed by atoms with E-state index in [-0.39, 0.29) is 18.5 Å². The smallest absolute Gasteiger partial charge is 0.244 e. The van der Waals surface area contributed by atoms with E-state index in [9.17, 15) is 4.79 Å². The first-order valence-electron chi connectivity index (χ1n) is 8.91. The highest BCUT2D eigenvalue weighted by Gasteiger charge is 2.19. The molecular formula is C21H19N5OS. The van der Waals surface area contributed by atoms with Crippen LogP contribution in [0, 0.1) is 6.92 Å². The maximum absolute atomic E-state index is 12.7. The zero-order valence-electron chi connectivity index (χ0n) is 15.3. The monoisotopic (exact) mass is 389 g/mol. The van der Waals surface area contributed by atoms with E-state index in [4.69, 9.17) is 0 Å². The van der Waals surface area contributed by atoms with Crippen molar-refractivity contribution >= 4 is 17.2 Å². The number of carbonyl (C=O) groups excluding carboxylic acids is 1. The van der Waals surface area contributed by atoms with Crippen LogP contribution >= 0.6 is 11.3 Å². The van der Waals surface area contributed by atoms with Gasteiger partial charge < -0.3 is 5.32 Å². The van der Waals surface area contributed by atoms with Crippen molar-refractivity contribution in [2.45, 2.75) is 19.5 Å². The molecule has 0 radical (unpaired) electrons. The minimum Gasteiger partial charge on any atom is -0.343 e. The van der Waals surface area contributed by atoms with Gasteiger partial charge in [0.15, 0.2) is 0 Å². The highest BCUT2D eigenvalue weighted by atomic mass is 32.1. The Hall–Kier alpha value is -3.32. The molecule has 7 heteroatoms. The van der Waals surface area contributed by atoms with E-state index < -0.39 is 0 Å². The van der Waals surface area contributed by atoms with Gasteiger partial charge in [0, 0.05) is 10.4 Å². The molecule has 0 aliphatic heterocycles. The van der Waals surface area contributed by atoms with Crippen LogP contribution in [0.5, 0.6) is 0 Å². The van der Waals surface area contributed by atoms with Gasteiger partial charge in [-0.2, -0.15) is 4.80 Å². The van der Waals surface area contributed by atoms with Gasteiger partial charge >= 0.3 is 0 Å². The lowest BCUT2D eigenvalue weighted by Gasteiger charge is -2.18. The van der Waals surface area contributed by atoms with E-state index >= 15 is 0 Å². The number of rotatable bonds is 6. The van der Waals surface area contributed by atoms with Crippen LogP contribution in [0.1, 0.15) is 22.0 Å². The normalized spacial score (nSPS) is 11.9. The fourth-order valence-corrected chi connectivity index (χ4v) is 3.68. The number of benzene rings is 2. The van der Waals surface area contributed by atoms with Gasteiger partial charge in [-0.25, -0.2) is 0 Å². The minimum absolute atomic E-state index is 0.00751. The predicted octanol–water partition coefficient (Wildman–Crippen LogP) is 3.62. The lowest BCUT2D eigenvalue weighted by molar-refractivity contribution is -0.122. The van der Waals surface area contributed by atoms with E-state index in [0.29, 0.717) is 5.82 Å². The molecule has 4 aromatic rings. The van der Waals surface area contributed by atoms with Crippen LogP contribution in [0.3, 0.4) is 0 Å². The summed E-state index contributed by atoms with van der Waals surface area (Å²) >= 11 is 1.61. The van der Waals surface area contributed by atoms with Crippen LogP contribution in [0.4, 0.5) is 0 Å². The van der Waals surface area contributed by atoms with E-state index in [1.165, 1.54) is 10.4 Å². The van der Waals surface area contributed by atoms with Crippen LogP contribution in [0.25, 0.3) is 11.4 Å². The number of aryl methyl sites for hydroxylation is 1. The van der Waals surface area contributed by atoms with Gasteiger partial charge in [0.25, 0.3) is 0 Å². The molecule has 1 unspecified atom stereocenters. The Morgan fingerprint density at radius 3 is 2.57 bits per heavy atom. The Labute approximate surface area is 166 Å². The molecule has 0 aliphatic rings. The summed E-state index contributed by atoms with van der Waals surface area (Å²) in [5, 5.41) is 17.5. The maximum Gasteiger partial charge on any atom is 0.244 e. The molecule has 1 N–H and O–H groups in total. The highest BCUT2D eigenvalue weighted by molar-refractivity contribution is 7.10. The van der Waals surface area contributed by atoms with E-state index in [1.54, 1.807) is 11.3 Å². The van der Waals surface area contributed by atoms with Crippen molar-refractivity contribution < 1.29 is 4.79 Å². The first kappa shape index (κ1) is 18.1. The second kappa shape index (κ2) is 8.14. The Bertz CT molecular complexity index is 1040. The van der Waals surface area contributed by atoms with E-state index in [2.05, 4.69) is 20.7 Å². The number of amides is 1. The van der Waals surface area contributed by atoms with Crippen LogP contribution in [0.2, 0.25) is 0 Å². The Balaban J connectivity index is 1.49. The molecule has 0 saturated carbocycles. The molecule has 0 spiro atoms. The lowest BCUT2D eigenvalue weighted by Crippen LogP contribution is -2.32. The summed E-state index contributed by atoms with van der Waals surface area (Å²) in [6.07, 6.45) is 0. The number of nitrogens with zero attached hydrogens (tertiary/aromatic N) is 4. The van der Waals surface area contributed by atoms with Crippen molar-refractivity contribution in [3.63, 3.8) is 0 Å². The summed E-state index contributed by atoms with van der Waals surface area (Å²) in [5.74, 6) is 0.331. The first-order valence-corrected chi connectivity index (χ1v) is 9.79. The summed E-state index contributed by atoms with van der Waals surface area (Å²) in [6.45, 7) is 2.05. The second-order valence-corrected chi connectivity index (χ2v) is 7.42. The van der Waals surface area contributed by atoms with Crippen molar-refractivity contribution in [1.82, 2.24) is 25.5 Å². The van der Waals surface area contributed by atoms with Gasteiger partial charge in [0.05, 0.1) is 6.04 Å². The maximum atomic E-state index is 12.7. The fraction of sp³-hybridized carbons (Fsp3) is 0.143. The summed E-state index contributed by atoms with van der Waals surface area (Å²) in [4.78, 5) is 15.1. The first-order chi connectivity index (χ1) is 13.7. The molecule has 0 aliphatic carbocycles. The third kappa shape index (κ3) is 4.15. The molecule has 2 aromatic carbocycles. The molecule has 6 nitrogen and oxygen atoms in total. The molecule has 0 bridgehead atoms. The van der Waals surface area contributed by atoms with Crippen LogP contribution < -0.4 is 5.32 Å². The topological polar surface area (TPSA) is 72.7 Å². The molecule has 140 valence electrons. The van der Waals surface area contributed by atoms with Crippen molar-refractivity contribution in [2.24, 2.45) is 0 Å². The molecule has 0 saturated heterocycles. The standard InChI is InChI=1S/C21H19N5OS/c1-15-9-11-16(12-10-15)20(18-8-5-13-28-18)22-19(27)14-26-24-21(23-25-26)17-6-3-2-4-7-17/h2-13,20H,14H2,1H3,(H,22,27). The Morgan fingerprint density at radius 1 is 1.07 bits per heavy atom. The number of nitrogens with one attached hydrogen (secondary N) is 1.